The van der Waals surface area contributed by atoms with Crippen LogP contribution in [-0.4, -0.2) is 67.5 Å². The third kappa shape index (κ3) is 3.18. The molecule has 1 amide bonds. The van der Waals surface area contributed by atoms with Gasteiger partial charge in [0.05, 0.1) is 17.5 Å². The Morgan fingerprint density at radius 1 is 1.63 bits per heavy atom. The molecule has 8 heteroatoms. The molecule has 106 valence electrons. The van der Waals surface area contributed by atoms with Gasteiger partial charge in [-0.25, -0.2) is 8.42 Å². The van der Waals surface area contributed by atoms with Crippen LogP contribution in [0.25, 0.3) is 0 Å². The van der Waals surface area contributed by atoms with Gasteiger partial charge in [0.1, 0.15) is 6.61 Å². The van der Waals surface area contributed by atoms with Crippen molar-refractivity contribution in [1.29, 1.82) is 0 Å². The number of hydrogen-bond acceptors (Lipinski definition) is 5. The molecule has 19 heavy (non-hydrogen) atoms. The zero-order valence-corrected chi connectivity index (χ0v) is 12.2. The van der Waals surface area contributed by atoms with Gasteiger partial charge < -0.3 is 9.64 Å². The number of sulfone groups is 1. The summed E-state index contributed by atoms with van der Waals surface area (Å²) in [5.41, 5.74) is 0. The zero-order valence-electron chi connectivity index (χ0n) is 10.6. The molecule has 0 bridgehead atoms. The second-order valence-corrected chi connectivity index (χ2v) is 7.82. The SMILES string of the molecule is C=CCN1C(=NC(=O)COC)S[C@H]2CS(=O)(=O)C[C@H]21. The molecule has 2 heterocycles. The maximum Gasteiger partial charge on any atom is 0.274 e. The normalized spacial score (nSPS) is 30.6. The maximum atomic E-state index is 11.6. The van der Waals surface area contributed by atoms with Crippen LogP contribution < -0.4 is 0 Å². The van der Waals surface area contributed by atoms with Gasteiger partial charge in [0.25, 0.3) is 5.91 Å². The number of aliphatic imine (C=N–C) groups is 1. The van der Waals surface area contributed by atoms with Gasteiger partial charge in [-0.3, -0.25) is 4.79 Å². The first-order valence-electron chi connectivity index (χ1n) is 5.82. The second-order valence-electron chi connectivity index (χ2n) is 4.46. The molecule has 2 rings (SSSR count). The summed E-state index contributed by atoms with van der Waals surface area (Å²) in [6.45, 7) is 4.08. The Morgan fingerprint density at radius 3 is 3.00 bits per heavy atom. The summed E-state index contributed by atoms with van der Waals surface area (Å²) in [6.07, 6.45) is 1.68. The van der Waals surface area contributed by atoms with Crippen molar-refractivity contribution in [1.82, 2.24) is 4.90 Å². The van der Waals surface area contributed by atoms with Gasteiger partial charge >= 0.3 is 0 Å². The number of carbonyl (C=O) groups is 1. The number of ether oxygens (including phenoxy) is 1. The minimum Gasteiger partial charge on any atom is -0.375 e. The first-order valence-corrected chi connectivity index (χ1v) is 8.52. The van der Waals surface area contributed by atoms with Crippen molar-refractivity contribution in [2.75, 3.05) is 31.8 Å². The fourth-order valence-corrected chi connectivity index (χ4v) is 6.23. The van der Waals surface area contributed by atoms with E-state index in [2.05, 4.69) is 11.6 Å². The fourth-order valence-electron chi connectivity index (χ4n) is 2.25. The Bertz CT molecular complexity index is 515. The second kappa shape index (κ2) is 5.64. The van der Waals surface area contributed by atoms with Crippen molar-refractivity contribution in [3.63, 3.8) is 0 Å². The van der Waals surface area contributed by atoms with Crippen LogP contribution in [0.2, 0.25) is 0 Å². The van der Waals surface area contributed by atoms with E-state index >= 15 is 0 Å². The Balaban J connectivity index is 2.19. The summed E-state index contributed by atoms with van der Waals surface area (Å²) < 4.78 is 28.0. The topological polar surface area (TPSA) is 76.0 Å². The third-order valence-corrected chi connectivity index (χ3v) is 6.24. The van der Waals surface area contributed by atoms with E-state index in [1.54, 1.807) is 6.08 Å². The van der Waals surface area contributed by atoms with Crippen LogP contribution in [0.4, 0.5) is 0 Å². The molecule has 0 N–H and O–H groups in total. The predicted molar refractivity (Wildman–Crippen MR) is 75.0 cm³/mol. The van der Waals surface area contributed by atoms with Crippen LogP contribution in [0.3, 0.4) is 0 Å². The molecule has 0 aromatic heterocycles. The first-order chi connectivity index (χ1) is 8.96. The van der Waals surface area contributed by atoms with Crippen molar-refractivity contribution in [3.05, 3.63) is 12.7 Å². The maximum absolute atomic E-state index is 11.6. The molecule has 0 saturated carbocycles. The predicted octanol–water partition coefficient (Wildman–Crippen LogP) is -0.0842. The highest BCUT2D eigenvalue weighted by Gasteiger charge is 2.48. The number of amidine groups is 1. The molecular formula is C11H16N2O4S2. The summed E-state index contributed by atoms with van der Waals surface area (Å²) in [6, 6.07) is -0.109. The summed E-state index contributed by atoms with van der Waals surface area (Å²) in [5.74, 6) is -0.0920. The monoisotopic (exact) mass is 304 g/mol. The van der Waals surface area contributed by atoms with Crippen LogP contribution in [-0.2, 0) is 19.4 Å². The van der Waals surface area contributed by atoms with E-state index in [9.17, 15) is 13.2 Å². The Kier molecular flexibility index (Phi) is 4.32. The van der Waals surface area contributed by atoms with Crippen LogP contribution in [0.1, 0.15) is 0 Å². The Labute approximate surface area is 116 Å². The highest BCUT2D eigenvalue weighted by Crippen LogP contribution is 2.37. The molecule has 2 saturated heterocycles. The molecular weight excluding hydrogens is 288 g/mol. The number of fused-ring (bicyclic) bond motifs is 1. The Hall–Kier alpha value is -0.860. The van der Waals surface area contributed by atoms with Crippen LogP contribution in [0.5, 0.6) is 0 Å². The average molecular weight is 304 g/mol. The molecule has 0 aliphatic carbocycles. The number of amides is 1. The van der Waals surface area contributed by atoms with Crippen molar-refractivity contribution in [2.45, 2.75) is 11.3 Å². The lowest BCUT2D eigenvalue weighted by Gasteiger charge is -2.22. The molecule has 2 aliphatic heterocycles. The van der Waals surface area contributed by atoms with E-state index in [1.807, 2.05) is 4.90 Å². The summed E-state index contributed by atoms with van der Waals surface area (Å²) >= 11 is 1.36. The molecule has 2 fully saturated rings. The number of rotatable bonds is 4. The van der Waals surface area contributed by atoms with E-state index in [0.717, 1.165) is 0 Å². The molecule has 0 spiro atoms. The molecule has 2 atom stereocenters. The van der Waals surface area contributed by atoms with E-state index in [1.165, 1.54) is 18.9 Å². The minimum atomic E-state index is -2.98. The summed E-state index contributed by atoms with van der Waals surface area (Å²) in [7, 11) is -1.55. The third-order valence-electron chi connectivity index (χ3n) is 2.99. The lowest BCUT2D eigenvalue weighted by atomic mass is 10.2. The molecule has 0 aromatic rings. The lowest BCUT2D eigenvalue weighted by Crippen LogP contribution is -2.37. The van der Waals surface area contributed by atoms with Crippen LogP contribution in [0.15, 0.2) is 17.6 Å². The number of nitrogens with zero attached hydrogens (tertiary/aromatic N) is 2. The number of hydrogen-bond donors (Lipinski definition) is 0. The molecule has 0 radical (unpaired) electrons. The van der Waals surface area contributed by atoms with Crippen molar-refractivity contribution >= 4 is 32.7 Å². The molecule has 6 nitrogen and oxygen atoms in total. The number of thioether (sulfide) groups is 1. The van der Waals surface area contributed by atoms with E-state index in [0.29, 0.717) is 11.7 Å². The van der Waals surface area contributed by atoms with E-state index in [4.69, 9.17) is 4.74 Å². The highest BCUT2D eigenvalue weighted by atomic mass is 32.2. The van der Waals surface area contributed by atoms with E-state index < -0.39 is 9.84 Å². The van der Waals surface area contributed by atoms with Gasteiger partial charge in [-0.1, -0.05) is 17.8 Å². The number of methoxy groups -OCH3 is 1. The fraction of sp³-hybridized carbons (Fsp3) is 0.636. The Morgan fingerprint density at radius 2 is 2.37 bits per heavy atom. The highest BCUT2D eigenvalue weighted by molar-refractivity contribution is 8.15. The van der Waals surface area contributed by atoms with Gasteiger partial charge in [0.15, 0.2) is 15.0 Å². The summed E-state index contributed by atoms with van der Waals surface area (Å²) in [5, 5.41) is 0.533. The lowest BCUT2D eigenvalue weighted by molar-refractivity contribution is -0.121. The number of carbonyl (C=O) groups excluding carboxylic acids is 1. The van der Waals surface area contributed by atoms with Crippen LogP contribution >= 0.6 is 11.8 Å². The van der Waals surface area contributed by atoms with Gasteiger partial charge in [-0.15, -0.1) is 6.58 Å². The van der Waals surface area contributed by atoms with Gasteiger partial charge in [-0.05, 0) is 0 Å². The van der Waals surface area contributed by atoms with Crippen LogP contribution in [0, 0.1) is 0 Å². The first kappa shape index (κ1) is 14.5. The van der Waals surface area contributed by atoms with Gasteiger partial charge in [0, 0.05) is 18.9 Å². The van der Waals surface area contributed by atoms with Crippen molar-refractivity contribution in [3.8, 4) is 0 Å². The van der Waals surface area contributed by atoms with Gasteiger partial charge in [0.2, 0.25) is 0 Å². The summed E-state index contributed by atoms with van der Waals surface area (Å²) in [4.78, 5) is 17.3. The quantitative estimate of drug-likeness (QED) is 0.676. The average Bonchev–Trinajstić information content (AvgIpc) is 2.74. The smallest absolute Gasteiger partial charge is 0.274 e. The van der Waals surface area contributed by atoms with Crippen molar-refractivity contribution < 1.29 is 17.9 Å². The van der Waals surface area contributed by atoms with Crippen molar-refractivity contribution in [2.24, 2.45) is 4.99 Å². The molecule has 0 aromatic carbocycles. The largest absolute Gasteiger partial charge is 0.375 e. The molecule has 2 aliphatic rings. The standard InChI is InChI=1S/C11H16N2O4S2/c1-3-4-13-8-6-19(15,16)7-9(8)18-11(13)12-10(14)5-17-2/h3,8-9H,1,4-7H2,2H3/t8-,9+/m1/s1. The van der Waals surface area contributed by atoms with E-state index in [-0.39, 0.29) is 35.3 Å². The van der Waals surface area contributed by atoms with Gasteiger partial charge in [-0.2, -0.15) is 4.99 Å². The zero-order chi connectivity index (χ0) is 14.0. The molecule has 0 unspecified atom stereocenters. The minimum absolute atomic E-state index is 0.0426.